The molecule has 0 saturated carbocycles. The van der Waals surface area contributed by atoms with Crippen LogP contribution in [0.15, 0.2) is 36.5 Å². The zero-order valence-electron chi connectivity index (χ0n) is 20.1. The van der Waals surface area contributed by atoms with E-state index in [-0.39, 0.29) is 17.3 Å². The van der Waals surface area contributed by atoms with E-state index in [2.05, 4.69) is 30.3 Å². The number of anilines is 2. The van der Waals surface area contributed by atoms with E-state index in [1.807, 2.05) is 0 Å². The van der Waals surface area contributed by atoms with Crippen molar-refractivity contribution >= 4 is 34.5 Å². The molecule has 1 aliphatic rings. The average Bonchev–Trinajstić information content (AvgIpc) is 3.47. The molecule has 2 N–H and O–H groups in total. The van der Waals surface area contributed by atoms with Crippen molar-refractivity contribution in [3.8, 4) is 17.3 Å². The number of halogens is 1. The molecule has 1 aliphatic heterocycles. The Balaban J connectivity index is 1.28. The first-order valence-corrected chi connectivity index (χ1v) is 11.4. The number of imidazole rings is 1. The summed E-state index contributed by atoms with van der Waals surface area (Å²) in [7, 11) is 3.17. The Kier molecular flexibility index (Phi) is 6.00. The van der Waals surface area contributed by atoms with Gasteiger partial charge in [-0.15, -0.1) is 0 Å². The first-order valence-electron chi connectivity index (χ1n) is 11.4. The number of piperazine rings is 1. The van der Waals surface area contributed by atoms with E-state index in [4.69, 9.17) is 4.74 Å². The highest BCUT2D eigenvalue weighted by Gasteiger charge is 2.20. The third-order valence-corrected chi connectivity index (χ3v) is 6.17. The molecule has 0 unspecified atom stereocenters. The fraction of sp³-hybridized carbons (Fsp3) is 0.292. The van der Waals surface area contributed by atoms with Gasteiger partial charge in [-0.25, -0.2) is 14.4 Å². The van der Waals surface area contributed by atoms with Crippen LogP contribution in [0.5, 0.6) is 5.75 Å². The summed E-state index contributed by atoms with van der Waals surface area (Å²) in [5.74, 6) is 1.07. The van der Waals surface area contributed by atoms with Crippen LogP contribution in [0.1, 0.15) is 17.3 Å². The second-order valence-corrected chi connectivity index (χ2v) is 8.48. The van der Waals surface area contributed by atoms with Crippen molar-refractivity contribution in [2.45, 2.75) is 6.92 Å². The summed E-state index contributed by atoms with van der Waals surface area (Å²) in [6.45, 7) is 4.24. The van der Waals surface area contributed by atoms with E-state index in [1.54, 1.807) is 47.8 Å². The number of aromatic amines is 1. The molecule has 4 heterocycles. The van der Waals surface area contributed by atoms with Gasteiger partial charge in [0.05, 0.1) is 18.2 Å². The zero-order chi connectivity index (χ0) is 25.4. The largest absolute Gasteiger partial charge is 0.497 e. The standard InChI is InChI=1S/C24H25FN8O3/c1-14(34)32-6-8-33(9-7-32)21-5-4-15(13-26-21)24(35)28-20-12-19(31(2)30-20)23-27-18-11-16(36-3)10-17(25)22(18)29-23/h4-5,10-13H,6-9H2,1-3H3,(H,27,29)(H,28,30,35). The maximum absolute atomic E-state index is 14.4. The Labute approximate surface area is 205 Å². The normalized spacial score (nSPS) is 13.8. The van der Waals surface area contributed by atoms with Gasteiger partial charge in [-0.2, -0.15) is 5.10 Å². The lowest BCUT2D eigenvalue weighted by Crippen LogP contribution is -2.48. The molecule has 0 atom stereocenters. The number of rotatable bonds is 5. The smallest absolute Gasteiger partial charge is 0.258 e. The predicted octanol–water partition coefficient (Wildman–Crippen LogP) is 2.43. The minimum Gasteiger partial charge on any atom is -0.497 e. The Bertz CT molecular complexity index is 1440. The molecule has 186 valence electrons. The van der Waals surface area contributed by atoms with E-state index in [0.717, 1.165) is 5.82 Å². The van der Waals surface area contributed by atoms with Crippen LogP contribution in [0, 0.1) is 5.82 Å². The second kappa shape index (κ2) is 9.29. The van der Waals surface area contributed by atoms with E-state index < -0.39 is 5.82 Å². The molecule has 5 rings (SSSR count). The summed E-state index contributed by atoms with van der Waals surface area (Å²) in [6.07, 6.45) is 1.52. The average molecular weight is 493 g/mol. The number of fused-ring (bicyclic) bond motifs is 1. The minimum atomic E-state index is -0.501. The summed E-state index contributed by atoms with van der Waals surface area (Å²) >= 11 is 0. The predicted molar refractivity (Wildman–Crippen MR) is 131 cm³/mol. The number of hydrogen-bond donors (Lipinski definition) is 2. The highest BCUT2D eigenvalue weighted by atomic mass is 19.1. The van der Waals surface area contributed by atoms with Crippen LogP contribution in [-0.4, -0.2) is 74.7 Å². The molecule has 1 saturated heterocycles. The molecule has 1 aromatic carbocycles. The van der Waals surface area contributed by atoms with Gasteiger partial charge < -0.3 is 24.8 Å². The maximum atomic E-state index is 14.4. The number of amides is 2. The van der Waals surface area contributed by atoms with Crippen LogP contribution >= 0.6 is 0 Å². The minimum absolute atomic E-state index is 0.0695. The van der Waals surface area contributed by atoms with Crippen LogP contribution in [-0.2, 0) is 11.8 Å². The number of methoxy groups -OCH3 is 1. The maximum Gasteiger partial charge on any atom is 0.258 e. The van der Waals surface area contributed by atoms with Gasteiger partial charge in [-0.3, -0.25) is 14.3 Å². The number of aromatic nitrogens is 5. The third-order valence-electron chi connectivity index (χ3n) is 6.17. The van der Waals surface area contributed by atoms with Crippen LogP contribution in [0.4, 0.5) is 16.0 Å². The van der Waals surface area contributed by atoms with Crippen molar-refractivity contribution in [3.63, 3.8) is 0 Å². The summed E-state index contributed by atoms with van der Waals surface area (Å²) in [4.78, 5) is 40.0. The number of pyridine rings is 1. The van der Waals surface area contributed by atoms with Crippen molar-refractivity contribution in [1.82, 2.24) is 29.6 Å². The van der Waals surface area contributed by atoms with Gasteiger partial charge in [0.2, 0.25) is 5.91 Å². The molecule has 0 bridgehead atoms. The first kappa shape index (κ1) is 23.3. The monoisotopic (exact) mass is 492 g/mol. The number of hydrogen-bond acceptors (Lipinski definition) is 7. The number of H-pyrrole nitrogens is 1. The Morgan fingerprint density at radius 3 is 2.58 bits per heavy atom. The molecular weight excluding hydrogens is 467 g/mol. The van der Waals surface area contributed by atoms with Crippen LogP contribution in [0.25, 0.3) is 22.6 Å². The molecule has 1 fully saturated rings. The van der Waals surface area contributed by atoms with Gasteiger partial charge in [0.15, 0.2) is 17.5 Å². The SMILES string of the molecule is COc1cc(F)c2nc(-c3cc(NC(=O)c4ccc(N5CCN(C(C)=O)CC5)nc4)nn3C)[nH]c2c1. The molecular formula is C24H25FN8O3. The van der Waals surface area contributed by atoms with Gasteiger partial charge in [-0.1, -0.05) is 0 Å². The first-order chi connectivity index (χ1) is 17.3. The fourth-order valence-corrected chi connectivity index (χ4v) is 4.19. The summed E-state index contributed by atoms with van der Waals surface area (Å²) in [5.41, 5.74) is 1.62. The number of nitrogens with one attached hydrogen (secondary N) is 2. The highest BCUT2D eigenvalue weighted by Crippen LogP contribution is 2.27. The van der Waals surface area contributed by atoms with E-state index >= 15 is 0 Å². The molecule has 0 spiro atoms. The van der Waals surface area contributed by atoms with E-state index in [9.17, 15) is 14.0 Å². The van der Waals surface area contributed by atoms with Crippen molar-refractivity contribution in [3.05, 3.63) is 47.9 Å². The molecule has 4 aromatic rings. The molecule has 2 amide bonds. The molecule has 3 aromatic heterocycles. The fourth-order valence-electron chi connectivity index (χ4n) is 4.19. The number of nitrogens with zero attached hydrogens (tertiary/aromatic N) is 6. The quantitative estimate of drug-likeness (QED) is 0.439. The van der Waals surface area contributed by atoms with Gasteiger partial charge in [0.1, 0.15) is 22.8 Å². The summed E-state index contributed by atoms with van der Waals surface area (Å²) in [5, 5.41) is 7.10. The zero-order valence-corrected chi connectivity index (χ0v) is 20.1. The topological polar surface area (TPSA) is 121 Å². The molecule has 0 radical (unpaired) electrons. The van der Waals surface area contributed by atoms with Gasteiger partial charge >= 0.3 is 0 Å². The lowest BCUT2D eigenvalue weighted by molar-refractivity contribution is -0.129. The highest BCUT2D eigenvalue weighted by molar-refractivity contribution is 6.03. The van der Waals surface area contributed by atoms with Crippen molar-refractivity contribution in [2.75, 3.05) is 43.5 Å². The number of benzene rings is 1. The third kappa shape index (κ3) is 4.44. The van der Waals surface area contributed by atoms with Crippen molar-refractivity contribution in [2.24, 2.45) is 7.05 Å². The van der Waals surface area contributed by atoms with E-state index in [0.29, 0.717) is 60.3 Å². The van der Waals surface area contributed by atoms with Gasteiger partial charge in [0.25, 0.3) is 5.91 Å². The Hall–Kier alpha value is -4.48. The summed E-state index contributed by atoms with van der Waals surface area (Å²) < 4.78 is 21.0. The van der Waals surface area contributed by atoms with Crippen molar-refractivity contribution in [1.29, 1.82) is 0 Å². The number of carbonyl (C=O) groups is 2. The van der Waals surface area contributed by atoms with E-state index in [1.165, 1.54) is 19.4 Å². The molecule has 12 heteroatoms. The van der Waals surface area contributed by atoms with Gasteiger partial charge in [-0.05, 0) is 12.1 Å². The van der Waals surface area contributed by atoms with Crippen molar-refractivity contribution < 1.29 is 18.7 Å². The molecule has 11 nitrogen and oxygen atoms in total. The number of carbonyl (C=O) groups excluding carboxylic acids is 2. The molecule has 0 aliphatic carbocycles. The Morgan fingerprint density at radius 2 is 1.92 bits per heavy atom. The van der Waals surface area contributed by atoms with Gasteiger partial charge in [0, 0.05) is 64.5 Å². The summed E-state index contributed by atoms with van der Waals surface area (Å²) in [6, 6.07) is 8.08. The lowest BCUT2D eigenvalue weighted by Gasteiger charge is -2.34. The van der Waals surface area contributed by atoms with Crippen LogP contribution in [0.3, 0.4) is 0 Å². The second-order valence-electron chi connectivity index (χ2n) is 8.48. The van der Waals surface area contributed by atoms with Crippen LogP contribution in [0.2, 0.25) is 0 Å². The number of aryl methyl sites for hydroxylation is 1. The Morgan fingerprint density at radius 1 is 1.14 bits per heavy atom. The van der Waals surface area contributed by atoms with Crippen LogP contribution < -0.4 is 15.0 Å². The molecule has 36 heavy (non-hydrogen) atoms. The number of ether oxygens (including phenoxy) is 1. The lowest BCUT2D eigenvalue weighted by atomic mass is 10.2.